The molecule has 0 fully saturated rings. The van der Waals surface area contributed by atoms with Crippen molar-refractivity contribution in [3.05, 3.63) is 0 Å². The van der Waals surface area contributed by atoms with Gasteiger partial charge in [0, 0.05) is 25.7 Å². The fraction of sp³-hybridized carbons (Fsp3) is 0.717. The molecule has 0 bridgehead atoms. The highest BCUT2D eigenvalue weighted by Crippen LogP contribution is 2.10. The molecule has 0 unspecified atom stereocenters. The average molecular weight is 1120 g/mol. The number of carbonyl (C=O) groups excluding carboxylic acids is 10. The van der Waals surface area contributed by atoms with Gasteiger partial charge in [0.2, 0.25) is 59.1 Å². The van der Waals surface area contributed by atoms with Gasteiger partial charge < -0.3 is 103 Å². The molecule has 0 aromatic heterocycles. The molecule has 0 radical (unpaired) electrons. The molecule has 444 valence electrons. The number of carboxylic acids is 1. The predicted molar refractivity (Wildman–Crippen MR) is 284 cm³/mol. The molecule has 0 rings (SSSR count). The predicted octanol–water partition coefficient (Wildman–Crippen LogP) is -8.28. The van der Waals surface area contributed by atoms with Crippen LogP contribution in [0.5, 0.6) is 0 Å². The third kappa shape index (κ3) is 28.6. The third-order valence-corrected chi connectivity index (χ3v) is 11.3. The summed E-state index contributed by atoms with van der Waals surface area (Å²) in [5, 5.41) is 54.2. The molecule has 10 amide bonds. The largest absolute Gasteiger partial charge is 0.480 e. The Morgan fingerprint density at radius 1 is 0.500 bits per heavy atom. The highest BCUT2D eigenvalue weighted by atomic mass is 16.4. The van der Waals surface area contributed by atoms with E-state index >= 15 is 0 Å². The Morgan fingerprint density at radius 3 is 1.45 bits per heavy atom. The molecule has 10 atom stereocenters. The number of nitrogens with two attached hydrogens (primary N) is 6. The number of rotatable bonds is 38. The minimum Gasteiger partial charge on any atom is -0.480 e. The second kappa shape index (κ2) is 36.6. The summed E-state index contributed by atoms with van der Waals surface area (Å²) in [6.45, 7) is 10.2. The van der Waals surface area contributed by atoms with Crippen molar-refractivity contribution < 1.29 is 68.1 Å². The smallest absolute Gasteiger partial charge is 0.325 e. The number of guanidine groups is 2. The van der Waals surface area contributed by atoms with E-state index in [1.165, 1.54) is 13.8 Å². The van der Waals surface area contributed by atoms with E-state index in [9.17, 15) is 68.1 Å². The van der Waals surface area contributed by atoms with Crippen LogP contribution in [-0.2, 0) is 52.7 Å². The zero-order valence-electron chi connectivity index (χ0n) is 45.7. The molecule has 0 aliphatic rings. The van der Waals surface area contributed by atoms with Crippen LogP contribution in [0.2, 0.25) is 0 Å². The number of amides is 10. The lowest BCUT2D eigenvalue weighted by molar-refractivity contribution is -0.142. The van der Waals surface area contributed by atoms with Crippen molar-refractivity contribution in [3.8, 4) is 0 Å². The summed E-state index contributed by atoms with van der Waals surface area (Å²) >= 11 is 0. The molecule has 0 spiro atoms. The highest BCUT2D eigenvalue weighted by Gasteiger charge is 2.35. The van der Waals surface area contributed by atoms with Gasteiger partial charge in [0.1, 0.15) is 48.3 Å². The van der Waals surface area contributed by atoms with Gasteiger partial charge in [-0.05, 0) is 63.7 Å². The minimum atomic E-state index is -1.71. The van der Waals surface area contributed by atoms with E-state index in [0.717, 1.165) is 0 Å². The van der Waals surface area contributed by atoms with Crippen molar-refractivity contribution in [2.75, 3.05) is 39.4 Å². The minimum absolute atomic E-state index is 0.0217. The molecule has 0 saturated carbocycles. The number of hydrogen-bond acceptors (Lipinski definition) is 17. The fourth-order valence-electron chi connectivity index (χ4n) is 6.97. The first-order chi connectivity index (χ1) is 36.3. The monoisotopic (exact) mass is 1110 g/mol. The number of nitrogens with one attached hydrogen (secondary N) is 10. The van der Waals surface area contributed by atoms with Crippen LogP contribution in [0, 0.1) is 17.8 Å². The number of aliphatic carboxylic acids is 1. The molecule has 0 aromatic rings. The van der Waals surface area contributed by atoms with Gasteiger partial charge in [0.15, 0.2) is 11.9 Å². The maximum absolute atomic E-state index is 13.7. The first-order valence-electron chi connectivity index (χ1n) is 25.4. The van der Waals surface area contributed by atoms with Crippen molar-refractivity contribution >= 4 is 77.0 Å². The van der Waals surface area contributed by atoms with Crippen LogP contribution < -0.4 is 87.6 Å². The van der Waals surface area contributed by atoms with E-state index in [4.69, 9.17) is 34.4 Å². The number of aliphatic hydroxyl groups is 2. The maximum Gasteiger partial charge on any atom is 0.325 e. The summed E-state index contributed by atoms with van der Waals surface area (Å²) in [5.74, 6) is -11.7. The number of hydrogen-bond donors (Lipinski definition) is 19. The van der Waals surface area contributed by atoms with Crippen molar-refractivity contribution in [1.82, 2.24) is 53.2 Å². The summed E-state index contributed by atoms with van der Waals surface area (Å²) in [7, 11) is 0. The van der Waals surface area contributed by atoms with Gasteiger partial charge in [0.05, 0.1) is 32.2 Å². The Morgan fingerprint density at radius 2 is 0.949 bits per heavy atom. The second-order valence-electron chi connectivity index (χ2n) is 19.6. The van der Waals surface area contributed by atoms with Crippen LogP contribution >= 0.6 is 0 Å². The van der Waals surface area contributed by atoms with E-state index in [2.05, 4.69) is 63.2 Å². The molecule has 0 saturated heterocycles. The Labute approximate surface area is 453 Å². The topological polar surface area (TPSA) is 550 Å². The van der Waals surface area contributed by atoms with Gasteiger partial charge in [0.25, 0.3) is 0 Å². The summed E-state index contributed by atoms with van der Waals surface area (Å²) < 4.78 is 0. The van der Waals surface area contributed by atoms with E-state index in [-0.39, 0.29) is 63.2 Å². The van der Waals surface area contributed by atoms with Crippen LogP contribution in [0.4, 0.5) is 0 Å². The zero-order chi connectivity index (χ0) is 60.0. The van der Waals surface area contributed by atoms with E-state index in [1.54, 1.807) is 41.5 Å². The molecule has 0 aromatic carbocycles. The van der Waals surface area contributed by atoms with Crippen LogP contribution in [-0.4, -0.2) is 192 Å². The van der Waals surface area contributed by atoms with E-state index in [0.29, 0.717) is 6.42 Å². The van der Waals surface area contributed by atoms with Crippen molar-refractivity contribution in [2.24, 2.45) is 62.1 Å². The molecule has 32 nitrogen and oxygen atoms in total. The highest BCUT2D eigenvalue weighted by molar-refractivity contribution is 5.97. The number of carbonyl (C=O) groups is 11. The fourth-order valence-corrected chi connectivity index (χ4v) is 6.97. The Kier molecular flexibility index (Phi) is 33.1. The Hall–Kier alpha value is -7.45. The molecule has 0 aliphatic carbocycles. The van der Waals surface area contributed by atoms with Crippen LogP contribution in [0.15, 0.2) is 9.98 Å². The SMILES string of the molecule is CC(C)C[C@H](NC(=O)[C@H](CCCN=C(N)N)NC(=O)[C@H](CO)NC(=O)[C@H](CO)NC[C@H](C)NC(=O)[C@H](CC(N)=O)NC(=O)[C@@H](NC(=O)[C@@H](NC(=O)CNC(=O)[C@@H](N)CCCN=C(N)N)C(C)C)C(C)C)C(=O)N[C@@H](C)C(=O)O. The number of carboxylic acid groups (broad SMARTS) is 1. The van der Waals surface area contributed by atoms with Crippen LogP contribution in [0.1, 0.15) is 93.9 Å². The average Bonchev–Trinajstić information content (AvgIpc) is 3.34. The van der Waals surface area contributed by atoms with Crippen molar-refractivity contribution in [3.63, 3.8) is 0 Å². The molecule has 25 N–H and O–H groups in total. The van der Waals surface area contributed by atoms with Gasteiger partial charge in [-0.25, -0.2) is 0 Å². The molecule has 78 heavy (non-hydrogen) atoms. The first-order valence-corrected chi connectivity index (χ1v) is 25.4. The first kappa shape index (κ1) is 70.5. The van der Waals surface area contributed by atoms with Gasteiger partial charge >= 0.3 is 5.97 Å². The lowest BCUT2D eigenvalue weighted by atomic mass is 9.99. The summed E-state index contributed by atoms with van der Waals surface area (Å²) in [4.78, 5) is 151. The summed E-state index contributed by atoms with van der Waals surface area (Å²) in [5.41, 5.74) is 32.7. The quantitative estimate of drug-likeness (QED) is 0.0155. The van der Waals surface area contributed by atoms with Crippen LogP contribution in [0.3, 0.4) is 0 Å². The molecule has 0 aliphatic heterocycles. The normalized spacial score (nSPS) is 14.9. The van der Waals surface area contributed by atoms with Gasteiger partial charge in [-0.1, -0.05) is 41.5 Å². The van der Waals surface area contributed by atoms with Gasteiger partial charge in [-0.3, -0.25) is 62.7 Å². The van der Waals surface area contributed by atoms with Crippen LogP contribution in [0.25, 0.3) is 0 Å². The number of primary amides is 1. The lowest BCUT2D eigenvalue weighted by Gasteiger charge is -2.29. The summed E-state index contributed by atoms with van der Waals surface area (Å²) in [6.07, 6.45) is 0.00548. The number of aliphatic hydroxyl groups excluding tert-OH is 2. The molecule has 0 heterocycles. The summed E-state index contributed by atoms with van der Waals surface area (Å²) in [6, 6.07) is -13.1. The van der Waals surface area contributed by atoms with E-state index in [1.807, 2.05) is 0 Å². The molecular formula is C46H86N18O14. The zero-order valence-corrected chi connectivity index (χ0v) is 45.7. The Balaban J connectivity index is 5.91. The van der Waals surface area contributed by atoms with E-state index < -0.39 is 163 Å². The van der Waals surface area contributed by atoms with Gasteiger partial charge in [-0.2, -0.15) is 0 Å². The third-order valence-electron chi connectivity index (χ3n) is 11.3. The van der Waals surface area contributed by atoms with Crippen molar-refractivity contribution in [1.29, 1.82) is 0 Å². The standard InChI is InChI=1S/C46H86N18O14/c1-21(2)15-28(39(72)58-25(8)44(77)78)60-37(70)27(12-10-14-54-46(51)52)59-41(74)31(20-66)62-40(73)30(19-65)55-17-24(7)57-38(71)29(16-32(48)67)61-42(75)35(23(5)6)64-43(76)34(22(3)4)63-33(68)18-56-36(69)26(47)11-9-13-53-45(49)50/h21-31,34-35,55,65-66H,9-20,47H2,1-8H3,(H2,48,67)(H,56,69)(H,57,71)(H,58,72)(H,59,74)(H,60,70)(H,61,75)(H,62,73)(H,63,68)(H,64,76)(H,77,78)(H4,49,50,53)(H4,51,52,54)/t24-,25-,26-,27-,28-,29-,30-,31-,34-,35-/m0/s1. The molecule has 32 heteroatoms. The second-order valence-corrected chi connectivity index (χ2v) is 19.6. The number of aliphatic imine (C=N–C) groups is 2. The van der Waals surface area contributed by atoms with Crippen molar-refractivity contribution in [2.45, 2.75) is 154 Å². The molecular weight excluding hydrogens is 1030 g/mol. The number of nitrogens with zero attached hydrogens (tertiary/aromatic N) is 2. The lowest BCUT2D eigenvalue weighted by Crippen LogP contribution is -2.61. The maximum atomic E-state index is 13.7. The Bertz CT molecular complexity index is 2090. The van der Waals surface area contributed by atoms with Gasteiger partial charge in [-0.15, -0.1) is 0 Å².